The number of aliphatic hydroxyl groups is 1. The number of likely N-dealkylation sites (tertiary alicyclic amines) is 1. The first kappa shape index (κ1) is 30.9. The van der Waals surface area contributed by atoms with Gasteiger partial charge in [0.2, 0.25) is 5.95 Å². The van der Waals surface area contributed by atoms with E-state index in [4.69, 9.17) is 0 Å². The SMILES string of the molecule is CCC.Cc1cc(SC2CC3(CCN(C)CC3)C2)ccc1Nc1ncc(C(F)(F)F)c(N2CCC(C)C(O)C2)n1. The number of benzene rings is 1. The number of aromatic nitrogens is 2. The van der Waals surface area contributed by atoms with E-state index in [2.05, 4.69) is 53.2 Å². The lowest BCUT2D eigenvalue weighted by Gasteiger charge is -2.51. The molecule has 0 radical (unpaired) electrons. The molecule has 2 aliphatic heterocycles. The smallest absolute Gasteiger partial charge is 0.391 e. The summed E-state index contributed by atoms with van der Waals surface area (Å²) in [7, 11) is 2.20. The van der Waals surface area contributed by atoms with Crippen LogP contribution in [0.15, 0.2) is 29.3 Å². The topological polar surface area (TPSA) is 64.5 Å². The highest BCUT2D eigenvalue weighted by atomic mass is 32.2. The number of nitrogens with zero attached hydrogens (tertiary/aromatic N) is 4. The number of thioether (sulfide) groups is 1. The predicted octanol–water partition coefficient (Wildman–Crippen LogP) is 7.14. The summed E-state index contributed by atoms with van der Waals surface area (Å²) in [6, 6.07) is 6.14. The van der Waals surface area contributed by atoms with Crippen LogP contribution in [0.5, 0.6) is 0 Å². The van der Waals surface area contributed by atoms with Crippen LogP contribution < -0.4 is 10.2 Å². The van der Waals surface area contributed by atoms with Gasteiger partial charge in [0.25, 0.3) is 0 Å². The Labute approximate surface area is 241 Å². The normalized spacial score (nSPS) is 23.4. The number of aliphatic hydroxyl groups excluding tert-OH is 1. The second-order valence-corrected chi connectivity index (χ2v) is 13.3. The molecule has 1 spiro atoms. The maximum absolute atomic E-state index is 13.7. The highest BCUT2D eigenvalue weighted by molar-refractivity contribution is 8.00. The minimum atomic E-state index is -4.58. The van der Waals surface area contributed by atoms with Crippen molar-refractivity contribution in [2.24, 2.45) is 11.3 Å². The molecule has 2 aromatic rings. The Balaban J connectivity index is 0.00000118. The number of aryl methyl sites for hydroxylation is 1. The van der Waals surface area contributed by atoms with Crippen molar-refractivity contribution in [1.82, 2.24) is 14.9 Å². The summed E-state index contributed by atoms with van der Waals surface area (Å²) >= 11 is 1.93. The molecule has 6 nitrogen and oxygen atoms in total. The Morgan fingerprint density at radius 1 is 1.15 bits per heavy atom. The number of β-amino-alcohol motifs (C(OH)–C–C–N with tert-alkyl or cyclic N) is 1. The Kier molecular flexibility index (Phi) is 9.94. The number of alkyl halides is 3. The van der Waals surface area contributed by atoms with E-state index in [0.717, 1.165) is 17.4 Å². The second kappa shape index (κ2) is 12.9. The van der Waals surface area contributed by atoms with E-state index in [1.807, 2.05) is 31.7 Å². The molecule has 222 valence electrons. The highest BCUT2D eigenvalue weighted by Crippen LogP contribution is 2.54. The quantitative estimate of drug-likeness (QED) is 0.390. The minimum absolute atomic E-state index is 0.0406. The van der Waals surface area contributed by atoms with Gasteiger partial charge in [-0.05, 0) is 94.3 Å². The first-order chi connectivity index (χ1) is 18.9. The zero-order valence-electron chi connectivity index (χ0n) is 24.4. The number of nitrogens with one attached hydrogen (secondary N) is 1. The van der Waals surface area contributed by atoms with E-state index in [-0.39, 0.29) is 24.2 Å². The number of rotatable bonds is 5. The van der Waals surface area contributed by atoms with Gasteiger partial charge in [0.05, 0.1) is 6.10 Å². The molecule has 1 aliphatic carbocycles. The fraction of sp³-hybridized carbons (Fsp3) is 0.667. The van der Waals surface area contributed by atoms with Crippen molar-refractivity contribution in [1.29, 1.82) is 0 Å². The third-order valence-electron chi connectivity index (χ3n) is 8.41. The summed E-state index contributed by atoms with van der Waals surface area (Å²) in [4.78, 5) is 13.4. The lowest BCUT2D eigenvalue weighted by Crippen LogP contribution is -2.47. The van der Waals surface area contributed by atoms with E-state index in [1.165, 1.54) is 55.0 Å². The first-order valence-electron chi connectivity index (χ1n) is 14.5. The Morgan fingerprint density at radius 3 is 2.42 bits per heavy atom. The molecule has 0 bridgehead atoms. The van der Waals surface area contributed by atoms with Crippen LogP contribution in [0.3, 0.4) is 0 Å². The van der Waals surface area contributed by atoms with Crippen LogP contribution in [0.25, 0.3) is 0 Å². The highest BCUT2D eigenvalue weighted by Gasteiger charge is 2.45. The molecule has 2 saturated heterocycles. The van der Waals surface area contributed by atoms with Gasteiger partial charge in [0, 0.05) is 35.1 Å². The average molecular weight is 580 g/mol. The summed E-state index contributed by atoms with van der Waals surface area (Å²) < 4.78 is 41.2. The molecule has 1 aromatic heterocycles. The maximum atomic E-state index is 13.7. The van der Waals surface area contributed by atoms with Crippen molar-refractivity contribution in [3.63, 3.8) is 0 Å². The van der Waals surface area contributed by atoms with Crippen molar-refractivity contribution in [3.05, 3.63) is 35.5 Å². The van der Waals surface area contributed by atoms with Crippen molar-refractivity contribution in [2.75, 3.05) is 43.4 Å². The van der Waals surface area contributed by atoms with Gasteiger partial charge in [-0.1, -0.05) is 27.2 Å². The standard InChI is InChI=1S/C27H36F3N5OS.C3H8/c1-17-6-9-35(16-23(17)36)24-21(27(28,29)30)15-31-25(33-24)32-22-5-4-19(12-18(22)2)37-20-13-26(14-20)7-10-34(3)11-8-26;1-3-2/h4-5,12,15,17,20,23,36H,6-11,13-14,16H2,1-3H3,(H,31,32,33);3H2,1-2H3. The van der Waals surface area contributed by atoms with Gasteiger partial charge in [-0.15, -0.1) is 11.8 Å². The Hall–Kier alpha value is -2.04. The van der Waals surface area contributed by atoms with Gasteiger partial charge in [-0.25, -0.2) is 4.98 Å². The van der Waals surface area contributed by atoms with Crippen molar-refractivity contribution >= 4 is 29.2 Å². The van der Waals surface area contributed by atoms with Crippen LogP contribution in [-0.2, 0) is 6.18 Å². The lowest BCUT2D eigenvalue weighted by atomic mass is 9.63. The fourth-order valence-electron chi connectivity index (χ4n) is 5.77. The monoisotopic (exact) mass is 579 g/mol. The van der Waals surface area contributed by atoms with Gasteiger partial charge >= 0.3 is 6.18 Å². The molecule has 1 saturated carbocycles. The third kappa shape index (κ3) is 7.42. The summed E-state index contributed by atoms with van der Waals surface area (Å²) in [6.45, 7) is 11.1. The van der Waals surface area contributed by atoms with E-state index in [0.29, 0.717) is 23.6 Å². The number of hydrogen-bond donors (Lipinski definition) is 2. The molecule has 3 fully saturated rings. The molecule has 3 aliphatic rings. The molecule has 5 rings (SSSR count). The van der Waals surface area contributed by atoms with Gasteiger partial charge in [-0.2, -0.15) is 18.2 Å². The molecule has 0 amide bonds. The molecule has 3 heterocycles. The molecular formula is C30H44F3N5OS. The molecule has 1 aromatic carbocycles. The molecule has 10 heteroatoms. The predicted molar refractivity (Wildman–Crippen MR) is 158 cm³/mol. The number of piperidine rings is 2. The summed E-state index contributed by atoms with van der Waals surface area (Å²) in [5, 5.41) is 14.0. The van der Waals surface area contributed by atoms with Gasteiger partial charge in [-0.3, -0.25) is 0 Å². The molecule has 2 unspecified atom stereocenters. The number of anilines is 3. The van der Waals surface area contributed by atoms with Crippen LogP contribution in [0, 0.1) is 18.3 Å². The van der Waals surface area contributed by atoms with Crippen LogP contribution in [0.4, 0.5) is 30.6 Å². The van der Waals surface area contributed by atoms with E-state index in [1.54, 1.807) is 0 Å². The van der Waals surface area contributed by atoms with Crippen molar-refractivity contribution < 1.29 is 18.3 Å². The van der Waals surface area contributed by atoms with Crippen LogP contribution in [-0.4, -0.2) is 64.6 Å². The lowest BCUT2D eigenvalue weighted by molar-refractivity contribution is -0.137. The summed E-state index contributed by atoms with van der Waals surface area (Å²) in [6.07, 6.45) is 2.56. The average Bonchev–Trinajstić information content (AvgIpc) is 2.87. The van der Waals surface area contributed by atoms with E-state index < -0.39 is 17.8 Å². The first-order valence-corrected chi connectivity index (χ1v) is 15.4. The Morgan fingerprint density at radius 2 is 1.82 bits per heavy atom. The van der Waals surface area contributed by atoms with Gasteiger partial charge < -0.3 is 20.2 Å². The summed E-state index contributed by atoms with van der Waals surface area (Å²) in [5.41, 5.74) is 1.42. The van der Waals surface area contributed by atoms with Gasteiger partial charge in [0.1, 0.15) is 11.4 Å². The number of hydrogen-bond acceptors (Lipinski definition) is 7. The van der Waals surface area contributed by atoms with E-state index in [9.17, 15) is 18.3 Å². The maximum Gasteiger partial charge on any atom is 0.421 e. The molecular weight excluding hydrogens is 535 g/mol. The molecule has 2 atom stereocenters. The second-order valence-electron chi connectivity index (χ2n) is 12.0. The summed E-state index contributed by atoms with van der Waals surface area (Å²) in [5.74, 6) is -0.0321. The minimum Gasteiger partial charge on any atom is -0.391 e. The van der Waals surface area contributed by atoms with Crippen LogP contribution in [0.1, 0.15) is 70.4 Å². The fourth-order valence-corrected chi connectivity index (χ4v) is 7.42. The largest absolute Gasteiger partial charge is 0.421 e. The zero-order chi connectivity index (χ0) is 29.1. The van der Waals surface area contributed by atoms with Crippen molar-refractivity contribution in [2.45, 2.75) is 88.6 Å². The number of halogens is 3. The van der Waals surface area contributed by atoms with E-state index >= 15 is 0 Å². The van der Waals surface area contributed by atoms with Crippen LogP contribution in [0.2, 0.25) is 0 Å². The van der Waals surface area contributed by atoms with Gasteiger partial charge in [0.15, 0.2) is 0 Å². The Bertz CT molecular complexity index is 1130. The van der Waals surface area contributed by atoms with Crippen molar-refractivity contribution in [3.8, 4) is 0 Å². The molecule has 2 N–H and O–H groups in total. The van der Waals surface area contributed by atoms with Crippen LogP contribution >= 0.6 is 11.8 Å². The molecule has 40 heavy (non-hydrogen) atoms. The third-order valence-corrected chi connectivity index (χ3v) is 9.60. The zero-order valence-corrected chi connectivity index (χ0v) is 25.2.